The highest BCUT2D eigenvalue weighted by Gasteiger charge is 2.07. The Labute approximate surface area is 110 Å². The molecule has 88 valence electrons. The summed E-state index contributed by atoms with van der Waals surface area (Å²) < 4.78 is 5.71. The van der Waals surface area contributed by atoms with Crippen molar-refractivity contribution in [1.29, 1.82) is 0 Å². The van der Waals surface area contributed by atoms with Gasteiger partial charge in [-0.1, -0.05) is 17.7 Å². The maximum Gasteiger partial charge on any atom is 0.150 e. The zero-order chi connectivity index (χ0) is 12.3. The van der Waals surface area contributed by atoms with Crippen LogP contribution >= 0.6 is 23.2 Å². The van der Waals surface area contributed by atoms with Crippen LogP contribution in [0.2, 0.25) is 5.02 Å². The lowest BCUT2D eigenvalue weighted by Crippen LogP contribution is -1.91. The van der Waals surface area contributed by atoms with Crippen LogP contribution in [0.5, 0.6) is 11.5 Å². The minimum absolute atomic E-state index is 0.376. The van der Waals surface area contributed by atoms with E-state index >= 15 is 0 Å². The minimum atomic E-state index is 0.376. The first kappa shape index (κ1) is 12.2. The lowest BCUT2D eigenvalue weighted by Gasteiger charge is -2.10. The number of hydrogen-bond acceptors (Lipinski definition) is 2. The van der Waals surface area contributed by atoms with E-state index in [2.05, 4.69) is 4.98 Å². The van der Waals surface area contributed by atoms with Crippen LogP contribution in [0.15, 0.2) is 36.7 Å². The standard InChI is InChI=1S/C13H11Cl2NO/c1-9-2-3-12(11(15)6-9)17-13-8-16-5-4-10(13)7-14/h2-6,8H,7H2,1H3. The Morgan fingerprint density at radius 3 is 2.76 bits per heavy atom. The summed E-state index contributed by atoms with van der Waals surface area (Å²) >= 11 is 11.9. The van der Waals surface area contributed by atoms with Gasteiger partial charge in [0.15, 0.2) is 0 Å². The highest BCUT2D eigenvalue weighted by molar-refractivity contribution is 6.32. The van der Waals surface area contributed by atoms with E-state index in [0.717, 1.165) is 11.1 Å². The summed E-state index contributed by atoms with van der Waals surface area (Å²) in [6.45, 7) is 1.98. The number of nitrogens with zero attached hydrogens (tertiary/aromatic N) is 1. The molecule has 0 unspecified atom stereocenters. The molecule has 0 radical (unpaired) electrons. The molecular weight excluding hydrogens is 257 g/mol. The molecule has 0 atom stereocenters. The second kappa shape index (κ2) is 5.39. The molecule has 0 aliphatic heterocycles. The van der Waals surface area contributed by atoms with Gasteiger partial charge in [0.1, 0.15) is 11.5 Å². The van der Waals surface area contributed by atoms with E-state index in [1.807, 2.05) is 31.2 Å². The first-order valence-corrected chi connectivity index (χ1v) is 6.05. The summed E-state index contributed by atoms with van der Waals surface area (Å²) in [7, 11) is 0. The third kappa shape index (κ3) is 2.90. The molecule has 2 aromatic rings. The van der Waals surface area contributed by atoms with E-state index in [-0.39, 0.29) is 0 Å². The zero-order valence-electron chi connectivity index (χ0n) is 9.28. The molecule has 1 aromatic carbocycles. The monoisotopic (exact) mass is 267 g/mol. The maximum absolute atomic E-state index is 6.10. The molecule has 0 spiro atoms. The van der Waals surface area contributed by atoms with Crippen LogP contribution in [0.25, 0.3) is 0 Å². The largest absolute Gasteiger partial charge is 0.454 e. The smallest absolute Gasteiger partial charge is 0.150 e. The van der Waals surface area contributed by atoms with Crippen LogP contribution in [0.4, 0.5) is 0 Å². The summed E-state index contributed by atoms with van der Waals surface area (Å²) in [6.07, 6.45) is 3.31. The number of rotatable bonds is 3. The van der Waals surface area contributed by atoms with Crippen LogP contribution in [-0.2, 0) is 5.88 Å². The van der Waals surface area contributed by atoms with E-state index in [1.54, 1.807) is 12.4 Å². The molecule has 0 fully saturated rings. The van der Waals surface area contributed by atoms with E-state index < -0.39 is 0 Å². The predicted molar refractivity (Wildman–Crippen MR) is 70.1 cm³/mol. The van der Waals surface area contributed by atoms with Gasteiger partial charge in [0, 0.05) is 11.8 Å². The van der Waals surface area contributed by atoms with Crippen molar-refractivity contribution in [3.8, 4) is 11.5 Å². The average Bonchev–Trinajstić information content (AvgIpc) is 2.33. The number of pyridine rings is 1. The van der Waals surface area contributed by atoms with Crippen LogP contribution in [0, 0.1) is 6.92 Å². The quantitative estimate of drug-likeness (QED) is 0.760. The molecule has 0 bridgehead atoms. The Hall–Kier alpha value is -1.25. The molecule has 0 saturated heterocycles. The van der Waals surface area contributed by atoms with E-state index in [1.165, 1.54) is 0 Å². The Morgan fingerprint density at radius 1 is 1.24 bits per heavy atom. The van der Waals surface area contributed by atoms with Gasteiger partial charge in [-0.2, -0.15) is 0 Å². The molecule has 2 nitrogen and oxygen atoms in total. The third-order valence-corrected chi connectivity index (χ3v) is 2.90. The Balaban J connectivity index is 2.31. The normalized spacial score (nSPS) is 10.3. The molecule has 0 saturated carbocycles. The second-order valence-electron chi connectivity index (χ2n) is 3.65. The van der Waals surface area contributed by atoms with E-state index in [4.69, 9.17) is 27.9 Å². The third-order valence-electron chi connectivity index (χ3n) is 2.32. The Kier molecular flexibility index (Phi) is 3.87. The highest BCUT2D eigenvalue weighted by atomic mass is 35.5. The number of alkyl halides is 1. The fraction of sp³-hybridized carbons (Fsp3) is 0.154. The van der Waals surface area contributed by atoms with Crippen molar-refractivity contribution in [3.05, 3.63) is 52.8 Å². The summed E-state index contributed by atoms with van der Waals surface area (Å²) in [4.78, 5) is 4.01. The van der Waals surface area contributed by atoms with Gasteiger partial charge in [-0.05, 0) is 30.7 Å². The van der Waals surface area contributed by atoms with Gasteiger partial charge in [0.25, 0.3) is 0 Å². The fourth-order valence-corrected chi connectivity index (χ4v) is 1.91. The molecule has 0 N–H and O–H groups in total. The fourth-order valence-electron chi connectivity index (χ4n) is 1.42. The second-order valence-corrected chi connectivity index (χ2v) is 4.33. The maximum atomic E-state index is 6.10. The SMILES string of the molecule is Cc1ccc(Oc2cnccc2CCl)c(Cl)c1. The van der Waals surface area contributed by atoms with Gasteiger partial charge < -0.3 is 4.74 Å². The zero-order valence-corrected chi connectivity index (χ0v) is 10.8. The van der Waals surface area contributed by atoms with Crippen LogP contribution in [0.1, 0.15) is 11.1 Å². The number of aryl methyl sites for hydroxylation is 1. The number of aromatic nitrogens is 1. The van der Waals surface area contributed by atoms with Crippen molar-refractivity contribution in [2.24, 2.45) is 0 Å². The molecule has 0 aliphatic carbocycles. The van der Waals surface area contributed by atoms with Crippen LogP contribution < -0.4 is 4.74 Å². The van der Waals surface area contributed by atoms with Gasteiger partial charge >= 0.3 is 0 Å². The average molecular weight is 268 g/mol. The molecule has 0 aliphatic rings. The van der Waals surface area contributed by atoms with Gasteiger partial charge in [-0.15, -0.1) is 11.6 Å². The molecule has 0 amide bonds. The van der Waals surface area contributed by atoms with Gasteiger partial charge in [0.05, 0.1) is 17.1 Å². The van der Waals surface area contributed by atoms with Crippen molar-refractivity contribution < 1.29 is 4.74 Å². The van der Waals surface area contributed by atoms with Crippen LogP contribution in [-0.4, -0.2) is 4.98 Å². The molecule has 1 aromatic heterocycles. The molecule has 2 rings (SSSR count). The van der Waals surface area contributed by atoms with Crippen molar-refractivity contribution in [3.63, 3.8) is 0 Å². The Bertz CT molecular complexity index is 529. The van der Waals surface area contributed by atoms with E-state index in [9.17, 15) is 0 Å². The molecule has 4 heteroatoms. The predicted octanol–water partition coefficient (Wildman–Crippen LogP) is 4.57. The molecule has 17 heavy (non-hydrogen) atoms. The number of benzene rings is 1. The van der Waals surface area contributed by atoms with Gasteiger partial charge in [0.2, 0.25) is 0 Å². The van der Waals surface area contributed by atoms with E-state index in [0.29, 0.717) is 22.4 Å². The van der Waals surface area contributed by atoms with Crippen LogP contribution in [0.3, 0.4) is 0 Å². The topological polar surface area (TPSA) is 22.1 Å². The first-order valence-electron chi connectivity index (χ1n) is 5.13. The number of hydrogen-bond donors (Lipinski definition) is 0. The van der Waals surface area contributed by atoms with Gasteiger partial charge in [-0.25, -0.2) is 0 Å². The summed E-state index contributed by atoms with van der Waals surface area (Å²) in [5.41, 5.74) is 1.98. The van der Waals surface area contributed by atoms with Crippen molar-refractivity contribution in [1.82, 2.24) is 4.98 Å². The highest BCUT2D eigenvalue weighted by Crippen LogP contribution is 2.31. The first-order chi connectivity index (χ1) is 8.20. The van der Waals surface area contributed by atoms with Crippen molar-refractivity contribution >= 4 is 23.2 Å². The van der Waals surface area contributed by atoms with Crippen molar-refractivity contribution in [2.75, 3.05) is 0 Å². The molecule has 1 heterocycles. The number of ether oxygens (including phenoxy) is 1. The summed E-state index contributed by atoms with van der Waals surface area (Å²) in [6, 6.07) is 7.46. The lowest BCUT2D eigenvalue weighted by molar-refractivity contribution is 0.476. The minimum Gasteiger partial charge on any atom is -0.454 e. The Morgan fingerprint density at radius 2 is 2.06 bits per heavy atom. The summed E-state index contributed by atoms with van der Waals surface area (Å²) in [5.74, 6) is 1.62. The number of halogens is 2. The van der Waals surface area contributed by atoms with Crippen molar-refractivity contribution in [2.45, 2.75) is 12.8 Å². The molecular formula is C13H11Cl2NO. The summed E-state index contributed by atoms with van der Waals surface area (Å²) in [5, 5.41) is 0.578. The lowest BCUT2D eigenvalue weighted by atomic mass is 10.2. The van der Waals surface area contributed by atoms with Gasteiger partial charge in [-0.3, -0.25) is 4.98 Å².